The summed E-state index contributed by atoms with van der Waals surface area (Å²) in [6, 6.07) is 11.2. The van der Waals surface area contributed by atoms with Crippen LogP contribution in [0.5, 0.6) is 0 Å². The Morgan fingerprint density at radius 1 is 0.842 bits per heavy atom. The first kappa shape index (κ1) is 15.4. The van der Waals surface area contributed by atoms with E-state index in [-0.39, 0.29) is 17.6 Å². The van der Waals surface area contributed by atoms with Crippen molar-refractivity contribution < 1.29 is 8.78 Å². The molecule has 2 heteroatoms. The van der Waals surface area contributed by atoms with Crippen LogP contribution in [0.4, 0.5) is 8.78 Å². The fourth-order valence-corrected chi connectivity index (χ4v) is 1.84. The van der Waals surface area contributed by atoms with Crippen LogP contribution in [0.2, 0.25) is 0 Å². The lowest BCUT2D eigenvalue weighted by atomic mass is 9.98. The van der Waals surface area contributed by atoms with E-state index >= 15 is 0 Å². The molecule has 2 rings (SSSR count). The van der Waals surface area contributed by atoms with E-state index in [1.165, 1.54) is 18.2 Å². The Balaban J connectivity index is 0.000000861. The molecule has 0 bridgehead atoms. The molecule has 2 aromatic carbocycles. The molecule has 0 heterocycles. The predicted molar refractivity (Wildman–Crippen MR) is 77.2 cm³/mol. The number of halogens is 2. The standard InChI is InChI=1S/C15H14F2.C2H6/c1-10(2)14-7-6-12(9-15(14)17)11-4-3-5-13(16)8-11;1-2/h3-10H,1-2H3;1-2H3. The van der Waals surface area contributed by atoms with E-state index in [1.54, 1.807) is 18.2 Å². The molecule has 0 atom stereocenters. The van der Waals surface area contributed by atoms with Crippen LogP contribution in [0.15, 0.2) is 42.5 Å². The van der Waals surface area contributed by atoms with Crippen LogP contribution in [0.1, 0.15) is 39.2 Å². The van der Waals surface area contributed by atoms with Gasteiger partial charge in [0.25, 0.3) is 0 Å². The molecule has 0 saturated carbocycles. The second kappa shape index (κ2) is 7.03. The van der Waals surface area contributed by atoms with Crippen molar-refractivity contribution in [3.05, 3.63) is 59.7 Å². The summed E-state index contributed by atoms with van der Waals surface area (Å²) in [6.45, 7) is 7.89. The van der Waals surface area contributed by atoms with Crippen molar-refractivity contribution in [1.29, 1.82) is 0 Å². The van der Waals surface area contributed by atoms with Crippen LogP contribution < -0.4 is 0 Å². The molecule has 102 valence electrons. The Kier molecular flexibility index (Phi) is 5.68. The van der Waals surface area contributed by atoms with Crippen molar-refractivity contribution in [2.75, 3.05) is 0 Å². The largest absolute Gasteiger partial charge is 0.207 e. The molecule has 0 saturated heterocycles. The van der Waals surface area contributed by atoms with Crippen LogP contribution >= 0.6 is 0 Å². The molecule has 0 amide bonds. The minimum atomic E-state index is -0.309. The van der Waals surface area contributed by atoms with E-state index < -0.39 is 0 Å². The maximum atomic E-state index is 13.8. The van der Waals surface area contributed by atoms with Gasteiger partial charge in [-0.1, -0.05) is 52.0 Å². The lowest BCUT2D eigenvalue weighted by Gasteiger charge is -2.09. The van der Waals surface area contributed by atoms with Crippen molar-refractivity contribution in [2.24, 2.45) is 0 Å². The van der Waals surface area contributed by atoms with E-state index in [0.29, 0.717) is 16.7 Å². The van der Waals surface area contributed by atoms with E-state index in [9.17, 15) is 8.78 Å². The molecule has 0 nitrogen and oxygen atoms in total. The Labute approximate surface area is 114 Å². The van der Waals surface area contributed by atoms with Crippen LogP contribution in [-0.4, -0.2) is 0 Å². The SMILES string of the molecule is CC.CC(C)c1ccc(-c2cccc(F)c2)cc1F. The van der Waals surface area contributed by atoms with Gasteiger partial charge in [0.2, 0.25) is 0 Å². The topological polar surface area (TPSA) is 0 Å². The second-order valence-corrected chi connectivity index (χ2v) is 4.40. The summed E-state index contributed by atoms with van der Waals surface area (Å²) in [5.74, 6) is -0.394. The van der Waals surface area contributed by atoms with Crippen molar-refractivity contribution in [3.8, 4) is 11.1 Å². The highest BCUT2D eigenvalue weighted by Crippen LogP contribution is 2.25. The van der Waals surface area contributed by atoms with Gasteiger partial charge in [0.15, 0.2) is 0 Å². The normalized spacial score (nSPS) is 10.1. The molecule has 0 aliphatic carbocycles. The highest BCUT2D eigenvalue weighted by Gasteiger charge is 2.08. The molecule has 2 aromatic rings. The lowest BCUT2D eigenvalue weighted by molar-refractivity contribution is 0.598. The average Bonchev–Trinajstić information content (AvgIpc) is 2.40. The first-order chi connectivity index (χ1) is 9.08. The zero-order chi connectivity index (χ0) is 14.4. The summed E-state index contributed by atoms with van der Waals surface area (Å²) in [5, 5.41) is 0. The quantitative estimate of drug-likeness (QED) is 0.643. The van der Waals surface area contributed by atoms with Crippen LogP contribution in [-0.2, 0) is 0 Å². The first-order valence-electron chi connectivity index (χ1n) is 6.63. The van der Waals surface area contributed by atoms with Gasteiger partial charge in [0.1, 0.15) is 11.6 Å². The van der Waals surface area contributed by atoms with Gasteiger partial charge in [-0.15, -0.1) is 0 Å². The number of rotatable bonds is 2. The third-order valence-electron chi connectivity index (χ3n) is 2.78. The molecule has 19 heavy (non-hydrogen) atoms. The van der Waals surface area contributed by atoms with Crippen LogP contribution in [0, 0.1) is 11.6 Å². The summed E-state index contributed by atoms with van der Waals surface area (Å²) in [7, 11) is 0. The van der Waals surface area contributed by atoms with Gasteiger partial charge in [-0.3, -0.25) is 0 Å². The molecule has 0 spiro atoms. The Morgan fingerprint density at radius 2 is 1.47 bits per heavy atom. The van der Waals surface area contributed by atoms with Crippen molar-refractivity contribution in [1.82, 2.24) is 0 Å². The highest BCUT2D eigenvalue weighted by atomic mass is 19.1. The van der Waals surface area contributed by atoms with E-state index in [2.05, 4.69) is 0 Å². The smallest absolute Gasteiger partial charge is 0.127 e. The Hall–Kier alpha value is -1.70. The lowest BCUT2D eigenvalue weighted by Crippen LogP contribution is -1.93. The molecular weight excluding hydrogens is 242 g/mol. The van der Waals surface area contributed by atoms with Gasteiger partial charge in [-0.2, -0.15) is 0 Å². The summed E-state index contributed by atoms with van der Waals surface area (Å²) >= 11 is 0. The minimum absolute atomic E-state index is 0.150. The molecule has 0 aromatic heterocycles. The zero-order valence-corrected chi connectivity index (χ0v) is 11.9. The van der Waals surface area contributed by atoms with E-state index in [1.807, 2.05) is 33.8 Å². The van der Waals surface area contributed by atoms with Gasteiger partial charge < -0.3 is 0 Å². The number of benzene rings is 2. The van der Waals surface area contributed by atoms with Gasteiger partial charge in [0, 0.05) is 0 Å². The molecule has 0 unspecified atom stereocenters. The fourth-order valence-electron chi connectivity index (χ4n) is 1.84. The van der Waals surface area contributed by atoms with Crippen molar-refractivity contribution >= 4 is 0 Å². The Morgan fingerprint density at radius 3 is 2.00 bits per heavy atom. The molecule has 0 fully saturated rings. The molecule has 0 radical (unpaired) electrons. The summed E-state index contributed by atoms with van der Waals surface area (Å²) < 4.78 is 26.9. The van der Waals surface area contributed by atoms with E-state index in [4.69, 9.17) is 0 Å². The third-order valence-corrected chi connectivity index (χ3v) is 2.78. The summed E-state index contributed by atoms with van der Waals surface area (Å²) in [6.07, 6.45) is 0. The maximum absolute atomic E-state index is 13.8. The van der Waals surface area contributed by atoms with Crippen LogP contribution in [0.25, 0.3) is 11.1 Å². The molecule has 0 aliphatic heterocycles. The average molecular weight is 262 g/mol. The molecule has 0 aliphatic rings. The van der Waals surface area contributed by atoms with Crippen molar-refractivity contribution in [2.45, 2.75) is 33.6 Å². The molecular formula is C17H20F2. The minimum Gasteiger partial charge on any atom is -0.207 e. The summed E-state index contributed by atoms with van der Waals surface area (Å²) in [5.41, 5.74) is 2.08. The van der Waals surface area contributed by atoms with Gasteiger partial charge in [-0.05, 0) is 40.8 Å². The van der Waals surface area contributed by atoms with Crippen LogP contribution in [0.3, 0.4) is 0 Å². The van der Waals surface area contributed by atoms with E-state index in [0.717, 1.165) is 0 Å². The molecule has 0 N–H and O–H groups in total. The highest BCUT2D eigenvalue weighted by molar-refractivity contribution is 5.63. The second-order valence-electron chi connectivity index (χ2n) is 4.40. The number of hydrogen-bond acceptors (Lipinski definition) is 0. The monoisotopic (exact) mass is 262 g/mol. The maximum Gasteiger partial charge on any atom is 0.127 e. The van der Waals surface area contributed by atoms with Gasteiger partial charge >= 0.3 is 0 Å². The van der Waals surface area contributed by atoms with Crippen molar-refractivity contribution in [3.63, 3.8) is 0 Å². The van der Waals surface area contributed by atoms with Gasteiger partial charge in [0.05, 0.1) is 0 Å². The predicted octanol–water partition coefficient (Wildman–Crippen LogP) is 5.78. The Bertz CT molecular complexity index is 531. The summed E-state index contributed by atoms with van der Waals surface area (Å²) in [4.78, 5) is 0. The number of hydrogen-bond donors (Lipinski definition) is 0. The fraction of sp³-hybridized carbons (Fsp3) is 0.294. The first-order valence-corrected chi connectivity index (χ1v) is 6.63. The third kappa shape index (κ3) is 3.88. The zero-order valence-electron chi connectivity index (χ0n) is 11.9. The van der Waals surface area contributed by atoms with Gasteiger partial charge in [-0.25, -0.2) is 8.78 Å².